The van der Waals surface area contributed by atoms with Crippen LogP contribution in [0.15, 0.2) is 6.07 Å². The Morgan fingerprint density at radius 2 is 2.06 bits per heavy atom. The van der Waals surface area contributed by atoms with Gasteiger partial charge < -0.3 is 14.8 Å². The van der Waals surface area contributed by atoms with Crippen LogP contribution in [0.1, 0.15) is 38.4 Å². The minimum atomic E-state index is 0.391. The molecule has 0 atom stereocenters. The molecule has 5 nitrogen and oxygen atoms in total. The number of ether oxygens (including phenoxy) is 2. The second-order valence-corrected chi connectivity index (χ2v) is 4.10. The van der Waals surface area contributed by atoms with Crippen LogP contribution in [-0.2, 0) is 11.3 Å². The summed E-state index contributed by atoms with van der Waals surface area (Å²) in [6, 6.07) is 1.80. The molecule has 0 radical (unpaired) electrons. The summed E-state index contributed by atoms with van der Waals surface area (Å²) in [6.45, 7) is 3.29. The minimum Gasteiger partial charge on any atom is -0.478 e. The Morgan fingerprint density at radius 3 is 2.72 bits per heavy atom. The van der Waals surface area contributed by atoms with Crippen LogP contribution in [0.3, 0.4) is 0 Å². The lowest BCUT2D eigenvalue weighted by atomic mass is 10.2. The molecule has 18 heavy (non-hydrogen) atoms. The topological polar surface area (TPSA) is 56.3 Å². The van der Waals surface area contributed by atoms with Crippen LogP contribution >= 0.6 is 0 Å². The number of aromatic nitrogens is 2. The number of methoxy groups -OCH3 is 1. The van der Waals surface area contributed by atoms with E-state index in [-0.39, 0.29) is 0 Å². The molecular weight excluding hydrogens is 230 g/mol. The average molecular weight is 253 g/mol. The Bertz CT molecular complexity index is 345. The van der Waals surface area contributed by atoms with Crippen LogP contribution in [0.5, 0.6) is 5.88 Å². The van der Waals surface area contributed by atoms with Crippen LogP contribution in [0, 0.1) is 0 Å². The van der Waals surface area contributed by atoms with Crippen molar-refractivity contribution >= 4 is 5.82 Å². The van der Waals surface area contributed by atoms with Gasteiger partial charge in [0.05, 0.1) is 6.61 Å². The van der Waals surface area contributed by atoms with E-state index < -0.39 is 0 Å². The summed E-state index contributed by atoms with van der Waals surface area (Å²) in [5.74, 6) is 1.99. The summed E-state index contributed by atoms with van der Waals surface area (Å²) in [4.78, 5) is 8.56. The highest BCUT2D eigenvalue weighted by molar-refractivity contribution is 5.37. The quantitative estimate of drug-likeness (QED) is 0.686. The van der Waals surface area contributed by atoms with E-state index in [1.807, 2.05) is 7.05 Å². The standard InChI is InChI=1S/C13H23N3O2/c1-4-5-6-7-8-18-13-9-11(14-2)15-12(16-13)10-17-3/h9H,4-8,10H2,1-3H3,(H,14,15,16). The fraction of sp³-hybridized carbons (Fsp3) is 0.692. The molecule has 102 valence electrons. The second kappa shape index (κ2) is 8.69. The molecule has 0 aliphatic carbocycles. The lowest BCUT2D eigenvalue weighted by Gasteiger charge is -2.08. The van der Waals surface area contributed by atoms with Crippen LogP contribution in [0.2, 0.25) is 0 Å². The molecule has 0 unspecified atom stereocenters. The van der Waals surface area contributed by atoms with Crippen molar-refractivity contribution in [3.05, 3.63) is 11.9 Å². The highest BCUT2D eigenvalue weighted by Gasteiger charge is 2.04. The van der Waals surface area contributed by atoms with Gasteiger partial charge >= 0.3 is 0 Å². The Balaban J connectivity index is 2.50. The van der Waals surface area contributed by atoms with Gasteiger partial charge in [-0.25, -0.2) is 4.98 Å². The van der Waals surface area contributed by atoms with Gasteiger partial charge in [-0.1, -0.05) is 26.2 Å². The first-order valence-electron chi connectivity index (χ1n) is 6.47. The van der Waals surface area contributed by atoms with E-state index in [4.69, 9.17) is 9.47 Å². The van der Waals surface area contributed by atoms with Crippen molar-refractivity contribution in [2.45, 2.75) is 39.2 Å². The van der Waals surface area contributed by atoms with Gasteiger partial charge in [0.15, 0.2) is 5.82 Å². The third-order valence-electron chi connectivity index (χ3n) is 2.53. The Kier molecular flexibility index (Phi) is 7.10. The fourth-order valence-corrected chi connectivity index (χ4v) is 1.57. The molecule has 0 amide bonds. The first-order valence-corrected chi connectivity index (χ1v) is 6.47. The van der Waals surface area contributed by atoms with Gasteiger partial charge in [0.2, 0.25) is 5.88 Å². The molecule has 0 saturated heterocycles. The molecule has 1 aromatic rings. The number of rotatable bonds is 9. The van der Waals surface area contributed by atoms with Crippen molar-refractivity contribution in [2.75, 3.05) is 26.1 Å². The number of hydrogen-bond donors (Lipinski definition) is 1. The van der Waals surface area contributed by atoms with Crippen molar-refractivity contribution in [3.8, 4) is 5.88 Å². The fourth-order valence-electron chi connectivity index (χ4n) is 1.57. The predicted octanol–water partition coefficient (Wildman–Crippen LogP) is 2.62. The van der Waals surface area contributed by atoms with Gasteiger partial charge in [-0.3, -0.25) is 0 Å². The van der Waals surface area contributed by atoms with Crippen LogP contribution < -0.4 is 10.1 Å². The molecule has 0 saturated carbocycles. The summed E-state index contributed by atoms with van der Waals surface area (Å²) >= 11 is 0. The molecule has 1 aromatic heterocycles. The van der Waals surface area contributed by atoms with Crippen molar-refractivity contribution in [1.82, 2.24) is 9.97 Å². The molecular formula is C13H23N3O2. The first kappa shape index (κ1) is 14.7. The van der Waals surface area contributed by atoms with Gasteiger partial charge in [-0.2, -0.15) is 4.98 Å². The monoisotopic (exact) mass is 253 g/mol. The third-order valence-corrected chi connectivity index (χ3v) is 2.53. The lowest BCUT2D eigenvalue weighted by molar-refractivity contribution is 0.176. The maximum absolute atomic E-state index is 5.64. The number of unbranched alkanes of at least 4 members (excludes halogenated alkanes) is 3. The van der Waals surface area contributed by atoms with E-state index in [9.17, 15) is 0 Å². The van der Waals surface area contributed by atoms with Gasteiger partial charge in [0.25, 0.3) is 0 Å². The number of nitrogens with one attached hydrogen (secondary N) is 1. The lowest BCUT2D eigenvalue weighted by Crippen LogP contribution is -2.05. The first-order chi connectivity index (χ1) is 8.80. The molecule has 1 heterocycles. The Morgan fingerprint density at radius 1 is 1.22 bits per heavy atom. The maximum atomic E-state index is 5.64. The van der Waals surface area contributed by atoms with Crippen LogP contribution in [0.4, 0.5) is 5.82 Å². The number of nitrogens with zero attached hydrogens (tertiary/aromatic N) is 2. The molecule has 0 aliphatic heterocycles. The predicted molar refractivity (Wildman–Crippen MR) is 71.9 cm³/mol. The third kappa shape index (κ3) is 5.31. The zero-order valence-corrected chi connectivity index (χ0v) is 11.5. The summed E-state index contributed by atoms with van der Waals surface area (Å²) in [6.07, 6.45) is 4.75. The van der Waals surface area contributed by atoms with Gasteiger partial charge in [0, 0.05) is 20.2 Å². The summed E-state index contributed by atoms with van der Waals surface area (Å²) in [5, 5.41) is 2.99. The highest BCUT2D eigenvalue weighted by atomic mass is 16.5. The average Bonchev–Trinajstić information content (AvgIpc) is 2.38. The van der Waals surface area contributed by atoms with E-state index in [1.54, 1.807) is 13.2 Å². The molecule has 0 fully saturated rings. The summed E-state index contributed by atoms with van der Waals surface area (Å²) in [7, 11) is 3.45. The van der Waals surface area contributed by atoms with Crippen molar-refractivity contribution in [2.24, 2.45) is 0 Å². The molecule has 0 bridgehead atoms. The van der Waals surface area contributed by atoms with Crippen LogP contribution in [0.25, 0.3) is 0 Å². The molecule has 0 aromatic carbocycles. The zero-order chi connectivity index (χ0) is 13.2. The molecule has 0 aliphatic rings. The van der Waals surface area contributed by atoms with Crippen LogP contribution in [-0.4, -0.2) is 30.7 Å². The summed E-state index contributed by atoms with van der Waals surface area (Å²) in [5.41, 5.74) is 0. The van der Waals surface area contributed by atoms with Crippen molar-refractivity contribution in [1.29, 1.82) is 0 Å². The zero-order valence-electron chi connectivity index (χ0n) is 11.5. The van der Waals surface area contributed by atoms with E-state index in [1.165, 1.54) is 19.3 Å². The van der Waals surface area contributed by atoms with Gasteiger partial charge in [0.1, 0.15) is 12.4 Å². The normalized spacial score (nSPS) is 10.4. The smallest absolute Gasteiger partial charge is 0.218 e. The summed E-state index contributed by atoms with van der Waals surface area (Å²) < 4.78 is 10.7. The van der Waals surface area contributed by atoms with Crippen molar-refractivity contribution < 1.29 is 9.47 Å². The molecule has 1 N–H and O–H groups in total. The highest BCUT2D eigenvalue weighted by Crippen LogP contribution is 2.14. The minimum absolute atomic E-state index is 0.391. The van der Waals surface area contributed by atoms with Crippen molar-refractivity contribution in [3.63, 3.8) is 0 Å². The maximum Gasteiger partial charge on any atom is 0.218 e. The second-order valence-electron chi connectivity index (χ2n) is 4.10. The SMILES string of the molecule is CCCCCCOc1cc(NC)nc(COC)n1. The van der Waals surface area contributed by atoms with E-state index >= 15 is 0 Å². The molecule has 1 rings (SSSR count). The number of anilines is 1. The van der Waals surface area contributed by atoms with Gasteiger partial charge in [-0.05, 0) is 6.42 Å². The molecule has 0 spiro atoms. The Labute approximate surface area is 109 Å². The van der Waals surface area contributed by atoms with E-state index in [0.717, 1.165) is 12.2 Å². The molecule has 5 heteroatoms. The number of hydrogen-bond acceptors (Lipinski definition) is 5. The van der Waals surface area contributed by atoms with E-state index in [0.29, 0.717) is 24.9 Å². The van der Waals surface area contributed by atoms with Gasteiger partial charge in [-0.15, -0.1) is 0 Å². The largest absolute Gasteiger partial charge is 0.478 e. The van der Waals surface area contributed by atoms with E-state index in [2.05, 4.69) is 22.2 Å². The Hall–Kier alpha value is -1.36.